The number of carbonyl (C=O) groups is 3. The van der Waals surface area contributed by atoms with Crippen molar-refractivity contribution >= 4 is 17.5 Å². The van der Waals surface area contributed by atoms with Crippen molar-refractivity contribution in [3.8, 4) is 0 Å². The Morgan fingerprint density at radius 2 is 1.70 bits per heavy atom. The zero-order chi connectivity index (χ0) is 16.7. The molecule has 2 aromatic rings. The third kappa shape index (κ3) is 4.92. The highest BCUT2D eigenvalue weighted by Crippen LogP contribution is 2.10. The number of aliphatic carboxylic acids is 1. The molecule has 1 aromatic heterocycles. The predicted octanol–water partition coefficient (Wildman–Crippen LogP) is 2.74. The molecule has 5 heteroatoms. The van der Waals surface area contributed by atoms with Gasteiger partial charge in [0.15, 0.2) is 5.78 Å². The lowest BCUT2D eigenvalue weighted by Crippen LogP contribution is -2.19. The van der Waals surface area contributed by atoms with Crippen molar-refractivity contribution in [3.63, 3.8) is 0 Å². The first kappa shape index (κ1) is 16.7. The largest absolute Gasteiger partial charge is 0.475 e. The maximum absolute atomic E-state index is 12.0. The van der Waals surface area contributed by atoms with Crippen LogP contribution in [0.2, 0.25) is 0 Å². The first-order chi connectivity index (χ1) is 11.1. The third-order valence-electron chi connectivity index (χ3n) is 3.63. The van der Waals surface area contributed by atoms with Crippen LogP contribution in [0.1, 0.15) is 35.3 Å². The van der Waals surface area contributed by atoms with Gasteiger partial charge < -0.3 is 9.67 Å². The summed E-state index contributed by atoms with van der Waals surface area (Å²) in [5, 5.41) is 8.57. The number of aryl methyl sites for hydroxylation is 2. The number of carbonyl (C=O) groups excluding carboxylic acids is 2. The Balaban J connectivity index is 1.85. The molecular weight excluding hydrogens is 294 g/mol. The Morgan fingerprint density at radius 1 is 0.957 bits per heavy atom. The van der Waals surface area contributed by atoms with Crippen LogP contribution in [0.5, 0.6) is 0 Å². The molecule has 1 heterocycles. The van der Waals surface area contributed by atoms with E-state index in [-0.39, 0.29) is 0 Å². The van der Waals surface area contributed by atoms with E-state index in [9.17, 15) is 14.4 Å². The fraction of sp³-hybridized carbons (Fsp3) is 0.278. The molecule has 0 fully saturated rings. The molecule has 0 saturated carbocycles. The minimum Gasteiger partial charge on any atom is -0.475 e. The van der Waals surface area contributed by atoms with Crippen molar-refractivity contribution in [2.45, 2.75) is 32.2 Å². The summed E-state index contributed by atoms with van der Waals surface area (Å²) in [6.07, 6.45) is 4.05. The second kappa shape index (κ2) is 8.08. The number of hydrogen-bond donors (Lipinski definition) is 1. The van der Waals surface area contributed by atoms with Gasteiger partial charge in [-0.25, -0.2) is 4.79 Å². The van der Waals surface area contributed by atoms with Gasteiger partial charge in [0.1, 0.15) is 0 Å². The van der Waals surface area contributed by atoms with Gasteiger partial charge in [-0.1, -0.05) is 30.3 Å². The summed E-state index contributed by atoms with van der Waals surface area (Å²) in [5.41, 5.74) is 1.67. The predicted molar refractivity (Wildman–Crippen MR) is 85.4 cm³/mol. The van der Waals surface area contributed by atoms with Crippen molar-refractivity contribution in [1.29, 1.82) is 0 Å². The van der Waals surface area contributed by atoms with Crippen LogP contribution in [-0.4, -0.2) is 27.2 Å². The summed E-state index contributed by atoms with van der Waals surface area (Å²) in [4.78, 5) is 33.7. The molecule has 0 spiro atoms. The van der Waals surface area contributed by atoms with Gasteiger partial charge in [0.05, 0.1) is 12.1 Å². The molecular formula is C18H19NO4. The molecule has 0 amide bonds. The number of unbranched alkanes of at least 4 members (excludes halogenated alkanes) is 1. The van der Waals surface area contributed by atoms with E-state index in [0.717, 1.165) is 19.3 Å². The van der Waals surface area contributed by atoms with Crippen LogP contribution < -0.4 is 0 Å². The Morgan fingerprint density at radius 3 is 2.39 bits per heavy atom. The fourth-order valence-corrected chi connectivity index (χ4v) is 2.43. The molecule has 23 heavy (non-hydrogen) atoms. The second-order valence-electron chi connectivity index (χ2n) is 5.36. The van der Waals surface area contributed by atoms with Crippen LogP contribution in [0.3, 0.4) is 0 Å². The Labute approximate surface area is 134 Å². The van der Waals surface area contributed by atoms with E-state index in [1.54, 1.807) is 22.9 Å². The molecule has 5 nitrogen and oxygen atoms in total. The highest BCUT2D eigenvalue weighted by atomic mass is 16.4. The van der Waals surface area contributed by atoms with E-state index in [2.05, 4.69) is 12.1 Å². The van der Waals surface area contributed by atoms with Crippen LogP contribution >= 0.6 is 0 Å². The summed E-state index contributed by atoms with van der Waals surface area (Å²) >= 11 is 0. The summed E-state index contributed by atoms with van der Waals surface area (Å²) in [5.74, 6) is -3.10. The number of carboxylic acid groups (broad SMARTS) is 1. The standard InChI is InChI=1S/C18H19NO4/c20-16(13-17(21)18(22)23)15-10-6-12-19(15)11-5-4-9-14-7-2-1-3-8-14/h1-3,6-8,10,12H,4-5,9,11,13H2,(H,22,23). The number of carboxylic acids is 1. The smallest absolute Gasteiger partial charge is 0.372 e. The molecule has 1 N–H and O–H groups in total. The van der Waals surface area contributed by atoms with E-state index < -0.39 is 24.0 Å². The summed E-state index contributed by atoms with van der Waals surface area (Å²) in [6, 6.07) is 13.5. The van der Waals surface area contributed by atoms with Crippen LogP contribution in [0.4, 0.5) is 0 Å². The van der Waals surface area contributed by atoms with Crippen molar-refractivity contribution in [3.05, 3.63) is 59.9 Å². The molecule has 0 aliphatic rings. The number of ketones is 2. The summed E-state index contributed by atoms with van der Waals surface area (Å²) in [6.45, 7) is 0.669. The molecule has 0 atom stereocenters. The molecule has 0 bridgehead atoms. The van der Waals surface area contributed by atoms with Gasteiger partial charge in [-0.2, -0.15) is 0 Å². The average molecular weight is 313 g/mol. The topological polar surface area (TPSA) is 76.4 Å². The van der Waals surface area contributed by atoms with Crippen LogP contribution in [0, 0.1) is 0 Å². The lowest BCUT2D eigenvalue weighted by atomic mass is 10.1. The summed E-state index contributed by atoms with van der Waals surface area (Å²) in [7, 11) is 0. The Bertz CT molecular complexity index is 688. The van der Waals surface area contributed by atoms with Crippen LogP contribution in [-0.2, 0) is 22.6 Å². The lowest BCUT2D eigenvalue weighted by molar-refractivity contribution is -0.148. The van der Waals surface area contributed by atoms with E-state index in [1.807, 2.05) is 18.2 Å². The summed E-state index contributed by atoms with van der Waals surface area (Å²) < 4.78 is 1.78. The highest BCUT2D eigenvalue weighted by molar-refractivity contribution is 6.37. The van der Waals surface area contributed by atoms with Gasteiger partial charge in [-0.3, -0.25) is 9.59 Å². The highest BCUT2D eigenvalue weighted by Gasteiger charge is 2.19. The van der Waals surface area contributed by atoms with Crippen LogP contribution in [0.15, 0.2) is 48.7 Å². The molecule has 0 radical (unpaired) electrons. The number of rotatable bonds is 9. The monoisotopic (exact) mass is 313 g/mol. The van der Waals surface area contributed by atoms with Crippen molar-refractivity contribution in [1.82, 2.24) is 4.57 Å². The Kier molecular flexibility index (Phi) is 5.86. The molecule has 1 aromatic carbocycles. The second-order valence-corrected chi connectivity index (χ2v) is 5.36. The maximum Gasteiger partial charge on any atom is 0.372 e. The van der Waals surface area contributed by atoms with Gasteiger partial charge >= 0.3 is 5.97 Å². The van der Waals surface area contributed by atoms with Gasteiger partial charge in [0, 0.05) is 12.7 Å². The molecule has 0 aliphatic carbocycles. The van der Waals surface area contributed by atoms with Crippen molar-refractivity contribution in [2.24, 2.45) is 0 Å². The molecule has 0 unspecified atom stereocenters. The number of nitrogens with zero attached hydrogens (tertiary/aromatic N) is 1. The first-order valence-corrected chi connectivity index (χ1v) is 7.56. The van der Waals surface area contributed by atoms with E-state index in [4.69, 9.17) is 5.11 Å². The van der Waals surface area contributed by atoms with E-state index in [1.165, 1.54) is 5.56 Å². The van der Waals surface area contributed by atoms with E-state index in [0.29, 0.717) is 12.2 Å². The van der Waals surface area contributed by atoms with Crippen LogP contribution in [0.25, 0.3) is 0 Å². The number of Topliss-reactive ketones (excluding diaryl/α,β-unsaturated/α-hetero) is 2. The third-order valence-corrected chi connectivity index (χ3v) is 3.63. The first-order valence-electron chi connectivity index (χ1n) is 7.56. The van der Waals surface area contributed by atoms with Crippen molar-refractivity contribution < 1.29 is 19.5 Å². The van der Waals surface area contributed by atoms with Gasteiger partial charge in [0.2, 0.25) is 5.78 Å². The minimum atomic E-state index is -1.57. The zero-order valence-corrected chi connectivity index (χ0v) is 12.8. The van der Waals surface area contributed by atoms with Gasteiger partial charge in [-0.15, -0.1) is 0 Å². The quantitative estimate of drug-likeness (QED) is 0.334. The zero-order valence-electron chi connectivity index (χ0n) is 12.8. The lowest BCUT2D eigenvalue weighted by Gasteiger charge is -2.08. The number of benzene rings is 1. The van der Waals surface area contributed by atoms with Crippen molar-refractivity contribution in [2.75, 3.05) is 0 Å². The number of hydrogen-bond acceptors (Lipinski definition) is 3. The molecule has 0 aliphatic heterocycles. The molecule has 2 rings (SSSR count). The molecule has 120 valence electrons. The SMILES string of the molecule is O=C(O)C(=O)CC(=O)c1cccn1CCCCc1ccccc1. The fourth-order valence-electron chi connectivity index (χ4n) is 2.43. The normalized spacial score (nSPS) is 10.4. The van der Waals surface area contributed by atoms with Gasteiger partial charge in [0.25, 0.3) is 0 Å². The number of aromatic nitrogens is 1. The molecule has 0 saturated heterocycles. The van der Waals surface area contributed by atoms with Gasteiger partial charge in [-0.05, 0) is 37.0 Å². The van der Waals surface area contributed by atoms with E-state index >= 15 is 0 Å². The minimum absolute atomic E-state index is 0.388. The maximum atomic E-state index is 12.0. The average Bonchev–Trinajstić information content (AvgIpc) is 3.01. The Hall–Kier alpha value is -2.69.